The van der Waals surface area contributed by atoms with Gasteiger partial charge in [0.2, 0.25) is 5.91 Å². The summed E-state index contributed by atoms with van der Waals surface area (Å²) in [5, 5.41) is 3.37. The van der Waals surface area contributed by atoms with Gasteiger partial charge in [0, 0.05) is 32.4 Å². The number of amides is 1. The largest absolute Gasteiger partial charge is 0.379 e. The first-order valence-electron chi connectivity index (χ1n) is 6.60. The van der Waals surface area contributed by atoms with Gasteiger partial charge in [-0.05, 0) is 23.8 Å². The van der Waals surface area contributed by atoms with Crippen LogP contribution in [-0.2, 0) is 17.9 Å². The van der Waals surface area contributed by atoms with Crippen LogP contribution >= 0.6 is 0 Å². The van der Waals surface area contributed by atoms with Gasteiger partial charge in [0.05, 0.1) is 12.2 Å². The van der Waals surface area contributed by atoms with Crippen LogP contribution in [0.1, 0.15) is 18.2 Å². The van der Waals surface area contributed by atoms with Crippen LogP contribution in [0.3, 0.4) is 0 Å². The van der Waals surface area contributed by atoms with Crippen LogP contribution in [0.15, 0.2) is 48.7 Å². The monoisotopic (exact) mass is 269 g/mol. The van der Waals surface area contributed by atoms with Gasteiger partial charge in [-0.3, -0.25) is 9.78 Å². The lowest BCUT2D eigenvalue weighted by atomic mass is 10.1. The molecule has 1 heterocycles. The zero-order valence-electron chi connectivity index (χ0n) is 11.8. The van der Waals surface area contributed by atoms with E-state index >= 15 is 0 Å². The number of carbonyl (C=O) groups is 1. The summed E-state index contributed by atoms with van der Waals surface area (Å²) in [5.41, 5.74) is 3.12. The van der Waals surface area contributed by atoms with Crippen molar-refractivity contribution in [1.29, 1.82) is 0 Å². The van der Waals surface area contributed by atoms with Crippen molar-refractivity contribution in [3.63, 3.8) is 0 Å². The Kier molecular flexibility index (Phi) is 4.71. The molecular weight excluding hydrogens is 250 g/mol. The Bertz CT molecular complexity index is 569. The zero-order valence-corrected chi connectivity index (χ0v) is 11.8. The molecule has 1 aromatic heterocycles. The van der Waals surface area contributed by atoms with E-state index in [1.165, 1.54) is 0 Å². The Hall–Kier alpha value is -2.36. The van der Waals surface area contributed by atoms with Gasteiger partial charge >= 0.3 is 0 Å². The molecule has 4 heteroatoms. The van der Waals surface area contributed by atoms with E-state index in [0.29, 0.717) is 13.1 Å². The maximum Gasteiger partial charge on any atom is 0.219 e. The van der Waals surface area contributed by atoms with Crippen molar-refractivity contribution < 1.29 is 4.79 Å². The van der Waals surface area contributed by atoms with Crippen LogP contribution in [-0.4, -0.2) is 22.8 Å². The van der Waals surface area contributed by atoms with E-state index in [1.807, 2.05) is 42.5 Å². The molecule has 0 radical (unpaired) electrons. The molecule has 0 saturated heterocycles. The summed E-state index contributed by atoms with van der Waals surface area (Å²) < 4.78 is 0. The quantitative estimate of drug-likeness (QED) is 0.907. The molecule has 104 valence electrons. The van der Waals surface area contributed by atoms with Gasteiger partial charge in [0.1, 0.15) is 0 Å². The summed E-state index contributed by atoms with van der Waals surface area (Å²) in [4.78, 5) is 17.3. The molecule has 0 bridgehead atoms. The van der Waals surface area contributed by atoms with Crippen LogP contribution in [0, 0.1) is 0 Å². The summed E-state index contributed by atoms with van der Waals surface area (Å²) in [6, 6.07) is 13.9. The van der Waals surface area contributed by atoms with E-state index in [1.54, 1.807) is 25.1 Å². The predicted molar refractivity (Wildman–Crippen MR) is 80.2 cm³/mol. The zero-order chi connectivity index (χ0) is 14.4. The van der Waals surface area contributed by atoms with Crippen molar-refractivity contribution in [3.05, 3.63) is 59.9 Å². The highest BCUT2D eigenvalue weighted by Gasteiger charge is 2.07. The third-order valence-corrected chi connectivity index (χ3v) is 3.15. The van der Waals surface area contributed by atoms with Crippen molar-refractivity contribution in [2.75, 3.05) is 12.4 Å². The number of hydrogen-bond donors (Lipinski definition) is 1. The van der Waals surface area contributed by atoms with Gasteiger partial charge < -0.3 is 10.2 Å². The minimum atomic E-state index is 0.0597. The second-order valence-electron chi connectivity index (χ2n) is 4.71. The summed E-state index contributed by atoms with van der Waals surface area (Å²) in [7, 11) is 1.80. The second-order valence-corrected chi connectivity index (χ2v) is 4.71. The lowest BCUT2D eigenvalue weighted by Gasteiger charge is -2.18. The lowest BCUT2D eigenvalue weighted by Crippen LogP contribution is -2.23. The van der Waals surface area contributed by atoms with Crippen LogP contribution in [0.5, 0.6) is 0 Å². The van der Waals surface area contributed by atoms with E-state index in [9.17, 15) is 4.79 Å². The molecule has 0 atom stereocenters. The first-order valence-corrected chi connectivity index (χ1v) is 6.60. The molecule has 0 unspecified atom stereocenters. The average molecular weight is 269 g/mol. The van der Waals surface area contributed by atoms with Crippen molar-refractivity contribution >= 4 is 11.6 Å². The average Bonchev–Trinajstić information content (AvgIpc) is 2.47. The SMILES string of the molecule is CC(=O)N(C)Cc1ccccc1NCc1ccccn1. The molecule has 0 spiro atoms. The molecule has 2 rings (SSSR count). The Morgan fingerprint density at radius 3 is 2.65 bits per heavy atom. The van der Waals surface area contributed by atoms with Crippen molar-refractivity contribution in [3.8, 4) is 0 Å². The molecule has 0 fully saturated rings. The normalized spacial score (nSPS) is 10.1. The Labute approximate surface area is 119 Å². The molecule has 1 amide bonds. The minimum Gasteiger partial charge on any atom is -0.379 e. The number of para-hydroxylation sites is 1. The van der Waals surface area contributed by atoms with Gasteiger partial charge in [0.25, 0.3) is 0 Å². The molecule has 0 aliphatic rings. The fraction of sp³-hybridized carbons (Fsp3) is 0.250. The summed E-state index contributed by atoms with van der Waals surface area (Å²) in [6.45, 7) is 2.84. The summed E-state index contributed by atoms with van der Waals surface area (Å²) >= 11 is 0. The van der Waals surface area contributed by atoms with Crippen molar-refractivity contribution in [2.24, 2.45) is 0 Å². The van der Waals surface area contributed by atoms with E-state index in [0.717, 1.165) is 16.9 Å². The fourth-order valence-corrected chi connectivity index (χ4v) is 1.89. The number of carbonyl (C=O) groups excluding carboxylic acids is 1. The fourth-order valence-electron chi connectivity index (χ4n) is 1.89. The first-order chi connectivity index (χ1) is 9.66. The first kappa shape index (κ1) is 14.1. The highest BCUT2D eigenvalue weighted by atomic mass is 16.2. The number of nitrogens with one attached hydrogen (secondary N) is 1. The van der Waals surface area contributed by atoms with Crippen molar-refractivity contribution in [2.45, 2.75) is 20.0 Å². The smallest absolute Gasteiger partial charge is 0.219 e. The van der Waals surface area contributed by atoms with Crippen molar-refractivity contribution in [1.82, 2.24) is 9.88 Å². The number of nitrogens with zero attached hydrogens (tertiary/aromatic N) is 2. The number of hydrogen-bond acceptors (Lipinski definition) is 3. The molecule has 1 N–H and O–H groups in total. The predicted octanol–water partition coefficient (Wildman–Crippen LogP) is 2.67. The third-order valence-electron chi connectivity index (χ3n) is 3.15. The number of pyridine rings is 1. The maximum absolute atomic E-state index is 11.3. The van der Waals surface area contributed by atoms with Crippen LogP contribution in [0.2, 0.25) is 0 Å². The molecular formula is C16H19N3O. The van der Waals surface area contributed by atoms with Crippen LogP contribution in [0.4, 0.5) is 5.69 Å². The number of benzene rings is 1. The van der Waals surface area contributed by atoms with Gasteiger partial charge in [0.15, 0.2) is 0 Å². The lowest BCUT2D eigenvalue weighted by molar-refractivity contribution is -0.128. The van der Waals surface area contributed by atoms with Crippen LogP contribution in [0.25, 0.3) is 0 Å². The highest BCUT2D eigenvalue weighted by Crippen LogP contribution is 2.17. The van der Waals surface area contributed by atoms with Gasteiger partial charge in [-0.2, -0.15) is 0 Å². The van der Waals surface area contributed by atoms with Gasteiger partial charge in [-0.25, -0.2) is 0 Å². The van der Waals surface area contributed by atoms with E-state index in [2.05, 4.69) is 10.3 Å². The van der Waals surface area contributed by atoms with E-state index in [-0.39, 0.29) is 5.91 Å². The van der Waals surface area contributed by atoms with Gasteiger partial charge in [-0.15, -0.1) is 0 Å². The number of aromatic nitrogens is 1. The van der Waals surface area contributed by atoms with Crippen LogP contribution < -0.4 is 5.32 Å². The Morgan fingerprint density at radius 2 is 1.95 bits per heavy atom. The molecule has 0 aliphatic carbocycles. The molecule has 1 aromatic carbocycles. The maximum atomic E-state index is 11.3. The number of rotatable bonds is 5. The standard InChI is InChI=1S/C16H19N3O/c1-13(20)19(2)12-14-7-3-4-9-16(14)18-11-15-8-5-6-10-17-15/h3-10,18H,11-12H2,1-2H3. The topological polar surface area (TPSA) is 45.2 Å². The van der Waals surface area contributed by atoms with E-state index < -0.39 is 0 Å². The molecule has 2 aromatic rings. The minimum absolute atomic E-state index is 0.0597. The van der Waals surface area contributed by atoms with Gasteiger partial charge in [-0.1, -0.05) is 24.3 Å². The Balaban J connectivity index is 2.06. The van der Waals surface area contributed by atoms with E-state index in [4.69, 9.17) is 0 Å². The molecule has 0 aliphatic heterocycles. The highest BCUT2D eigenvalue weighted by molar-refractivity contribution is 5.73. The molecule has 0 saturated carbocycles. The summed E-state index contributed by atoms with van der Waals surface area (Å²) in [5.74, 6) is 0.0597. The second kappa shape index (κ2) is 6.70. The number of anilines is 1. The Morgan fingerprint density at radius 1 is 1.20 bits per heavy atom. The molecule has 4 nitrogen and oxygen atoms in total. The molecule has 20 heavy (non-hydrogen) atoms. The third kappa shape index (κ3) is 3.82. The summed E-state index contributed by atoms with van der Waals surface area (Å²) in [6.07, 6.45) is 1.78.